The van der Waals surface area contributed by atoms with Crippen LogP contribution < -0.4 is 15.0 Å². The Morgan fingerprint density at radius 3 is 2.28 bits per heavy atom. The minimum Gasteiger partial charge on any atom is -0.459 e. The molecule has 2 atom stereocenters. The van der Waals surface area contributed by atoms with E-state index in [0.29, 0.717) is 22.4 Å². The van der Waals surface area contributed by atoms with Crippen LogP contribution in [0.3, 0.4) is 0 Å². The van der Waals surface area contributed by atoms with Crippen molar-refractivity contribution in [2.75, 3.05) is 4.90 Å². The molecule has 39 heavy (non-hydrogen) atoms. The quantitative estimate of drug-likeness (QED) is 0.133. The Hall–Kier alpha value is -5.02. The van der Waals surface area contributed by atoms with Crippen molar-refractivity contribution >= 4 is 28.7 Å². The van der Waals surface area contributed by atoms with Gasteiger partial charge >= 0.3 is 0 Å². The number of para-hydroxylation sites is 1. The molecule has 192 valence electrons. The number of nitrogens with one attached hydrogen (secondary N) is 1. The molecule has 0 spiro atoms. The number of ether oxygens (including phenoxy) is 1. The summed E-state index contributed by atoms with van der Waals surface area (Å²) in [6, 6.07) is 32.5. The van der Waals surface area contributed by atoms with Crippen molar-refractivity contribution in [2.24, 2.45) is 0 Å². The summed E-state index contributed by atoms with van der Waals surface area (Å²) < 4.78 is 12.3. The molecule has 1 saturated heterocycles. The summed E-state index contributed by atoms with van der Waals surface area (Å²) in [7, 11) is 0. The van der Waals surface area contributed by atoms with Crippen LogP contribution in [0.25, 0.3) is 11.3 Å². The molecule has 1 aliphatic heterocycles. The molecule has 0 amide bonds. The Labute approximate surface area is 229 Å². The van der Waals surface area contributed by atoms with Crippen LogP contribution in [0.4, 0.5) is 11.4 Å². The van der Waals surface area contributed by atoms with Crippen LogP contribution in [-0.2, 0) is 0 Å². The lowest BCUT2D eigenvalue weighted by Gasteiger charge is -2.26. The predicted molar refractivity (Wildman–Crippen MR) is 152 cm³/mol. The topological polar surface area (TPSA) is 93.7 Å². The second-order valence-electron chi connectivity index (χ2n) is 8.91. The summed E-state index contributed by atoms with van der Waals surface area (Å²) in [5, 5.41) is 15.0. The van der Waals surface area contributed by atoms with Gasteiger partial charge in [-0.2, -0.15) is 0 Å². The second-order valence-corrected chi connectivity index (χ2v) is 9.30. The van der Waals surface area contributed by atoms with Gasteiger partial charge < -0.3 is 19.4 Å². The largest absolute Gasteiger partial charge is 0.459 e. The molecular weight excluding hydrogens is 512 g/mol. The van der Waals surface area contributed by atoms with E-state index >= 15 is 0 Å². The van der Waals surface area contributed by atoms with Crippen molar-refractivity contribution in [3.63, 3.8) is 0 Å². The van der Waals surface area contributed by atoms with E-state index in [2.05, 4.69) is 10.3 Å². The minimum absolute atomic E-state index is 0.0250. The van der Waals surface area contributed by atoms with Gasteiger partial charge in [0.1, 0.15) is 29.1 Å². The van der Waals surface area contributed by atoms with E-state index in [1.165, 1.54) is 12.1 Å². The van der Waals surface area contributed by atoms with Gasteiger partial charge in [0.2, 0.25) is 0 Å². The number of nitro groups is 1. The van der Waals surface area contributed by atoms with Crippen LogP contribution in [0.15, 0.2) is 120 Å². The highest BCUT2D eigenvalue weighted by molar-refractivity contribution is 7.80. The van der Waals surface area contributed by atoms with E-state index in [9.17, 15) is 10.1 Å². The standard InChI is InChI=1S/C30H22N4O4S/c35-34(36)22-11-9-20(10-12-22)26-17-18-27(38-26)29-28(25-8-4-5-19-31-25)32-30(39)33(29)21-13-15-24(16-14-21)37-23-6-2-1-3-7-23/h1-19,28-29H,(H,32,39)/t28-,29-/m0/s1. The Morgan fingerprint density at radius 2 is 1.59 bits per heavy atom. The molecule has 0 radical (unpaired) electrons. The first-order valence-electron chi connectivity index (χ1n) is 12.2. The third kappa shape index (κ3) is 4.95. The van der Waals surface area contributed by atoms with Crippen molar-refractivity contribution in [3.8, 4) is 22.8 Å². The first kappa shape index (κ1) is 24.3. The van der Waals surface area contributed by atoms with Gasteiger partial charge in [0.25, 0.3) is 5.69 Å². The second kappa shape index (κ2) is 10.4. The number of hydrogen-bond acceptors (Lipinski definition) is 6. The molecule has 0 saturated carbocycles. The zero-order valence-corrected chi connectivity index (χ0v) is 21.3. The average molecular weight is 535 g/mol. The van der Waals surface area contributed by atoms with Gasteiger partial charge in [0.05, 0.1) is 16.7 Å². The lowest BCUT2D eigenvalue weighted by molar-refractivity contribution is -0.384. The molecule has 6 rings (SSSR count). The number of thiocarbonyl (C=S) groups is 1. The summed E-state index contributed by atoms with van der Waals surface area (Å²) in [5.41, 5.74) is 2.45. The number of nitrogens with zero attached hydrogens (tertiary/aromatic N) is 3. The van der Waals surface area contributed by atoms with Gasteiger partial charge in [-0.15, -0.1) is 0 Å². The number of hydrogen-bond donors (Lipinski definition) is 1. The third-order valence-electron chi connectivity index (χ3n) is 6.47. The lowest BCUT2D eigenvalue weighted by atomic mass is 10.0. The third-order valence-corrected chi connectivity index (χ3v) is 6.79. The summed E-state index contributed by atoms with van der Waals surface area (Å²) in [4.78, 5) is 17.2. The minimum atomic E-state index is -0.423. The monoisotopic (exact) mass is 534 g/mol. The number of furan rings is 1. The van der Waals surface area contributed by atoms with Crippen LogP contribution in [-0.4, -0.2) is 15.0 Å². The molecule has 5 aromatic rings. The van der Waals surface area contributed by atoms with Crippen LogP contribution in [0, 0.1) is 10.1 Å². The Morgan fingerprint density at radius 1 is 0.872 bits per heavy atom. The number of anilines is 1. The number of non-ortho nitro benzene ring substituents is 1. The van der Waals surface area contributed by atoms with Gasteiger partial charge in [-0.3, -0.25) is 15.1 Å². The highest BCUT2D eigenvalue weighted by Crippen LogP contribution is 2.43. The maximum atomic E-state index is 11.1. The van der Waals surface area contributed by atoms with E-state index in [4.69, 9.17) is 21.4 Å². The molecule has 2 aromatic heterocycles. The van der Waals surface area contributed by atoms with E-state index < -0.39 is 4.92 Å². The average Bonchev–Trinajstić information content (AvgIpc) is 3.59. The van der Waals surface area contributed by atoms with E-state index in [-0.39, 0.29) is 17.8 Å². The smallest absolute Gasteiger partial charge is 0.269 e. The highest BCUT2D eigenvalue weighted by Gasteiger charge is 2.42. The number of rotatable bonds is 7. The SMILES string of the molecule is O=[N+]([O-])c1ccc(-c2ccc([C@H]3[C@H](c4ccccn4)NC(=S)N3c3ccc(Oc4ccccc4)cc3)o2)cc1. The first-order chi connectivity index (χ1) is 19.1. The lowest BCUT2D eigenvalue weighted by Crippen LogP contribution is -2.29. The van der Waals surface area contributed by atoms with E-state index in [1.54, 1.807) is 18.3 Å². The molecule has 1 N–H and O–H groups in total. The van der Waals surface area contributed by atoms with E-state index in [1.807, 2.05) is 89.8 Å². The summed E-state index contributed by atoms with van der Waals surface area (Å²) in [6.07, 6.45) is 1.75. The number of benzene rings is 3. The van der Waals surface area contributed by atoms with Crippen LogP contribution >= 0.6 is 12.2 Å². The molecule has 1 fully saturated rings. The zero-order valence-electron chi connectivity index (χ0n) is 20.5. The molecule has 3 aromatic carbocycles. The highest BCUT2D eigenvalue weighted by atomic mass is 32.1. The van der Waals surface area contributed by atoms with Gasteiger partial charge in [-0.25, -0.2) is 0 Å². The van der Waals surface area contributed by atoms with Crippen molar-refractivity contribution in [1.29, 1.82) is 0 Å². The maximum Gasteiger partial charge on any atom is 0.269 e. The summed E-state index contributed by atoms with van der Waals surface area (Å²) in [5.74, 6) is 2.74. The molecule has 0 aliphatic carbocycles. The predicted octanol–water partition coefficient (Wildman–Crippen LogP) is 7.22. The Bertz CT molecular complexity index is 1610. The maximum absolute atomic E-state index is 11.1. The van der Waals surface area contributed by atoms with Crippen molar-refractivity contribution in [3.05, 3.63) is 137 Å². The normalized spacial score (nSPS) is 16.6. The van der Waals surface area contributed by atoms with Crippen molar-refractivity contribution in [2.45, 2.75) is 12.1 Å². The fourth-order valence-electron chi connectivity index (χ4n) is 4.64. The summed E-state index contributed by atoms with van der Waals surface area (Å²) >= 11 is 5.80. The number of nitro benzene ring substituents is 1. The van der Waals surface area contributed by atoms with Crippen molar-refractivity contribution in [1.82, 2.24) is 10.3 Å². The molecule has 1 aliphatic rings. The fourth-order valence-corrected chi connectivity index (χ4v) is 4.98. The number of aromatic nitrogens is 1. The summed E-state index contributed by atoms with van der Waals surface area (Å²) in [6.45, 7) is 0. The Kier molecular flexibility index (Phi) is 6.48. The molecule has 3 heterocycles. The van der Waals surface area contributed by atoms with Crippen LogP contribution in [0.1, 0.15) is 23.5 Å². The zero-order chi connectivity index (χ0) is 26.8. The van der Waals surface area contributed by atoms with Crippen LogP contribution in [0.2, 0.25) is 0 Å². The van der Waals surface area contributed by atoms with Crippen LogP contribution in [0.5, 0.6) is 11.5 Å². The fraction of sp³-hybridized carbons (Fsp3) is 0.0667. The molecular formula is C30H22N4O4S. The molecule has 8 nitrogen and oxygen atoms in total. The van der Waals surface area contributed by atoms with Gasteiger partial charge in [-0.05, 0) is 85.0 Å². The van der Waals surface area contributed by atoms with E-state index in [0.717, 1.165) is 22.7 Å². The molecule has 0 unspecified atom stereocenters. The first-order valence-corrected chi connectivity index (χ1v) is 12.7. The molecule has 0 bridgehead atoms. The Balaban J connectivity index is 1.34. The number of pyridine rings is 1. The van der Waals surface area contributed by atoms with Gasteiger partial charge in [0.15, 0.2) is 5.11 Å². The van der Waals surface area contributed by atoms with Crippen molar-refractivity contribution < 1.29 is 14.1 Å². The molecule has 9 heteroatoms. The van der Waals surface area contributed by atoms with Gasteiger partial charge in [-0.1, -0.05) is 24.3 Å². The van der Waals surface area contributed by atoms with Gasteiger partial charge in [0, 0.05) is 29.6 Å².